The number of nitrogens with one attached hydrogen (secondary N) is 1. The lowest BCUT2D eigenvalue weighted by Crippen LogP contribution is -2.50. The highest BCUT2D eigenvalue weighted by molar-refractivity contribution is 5.94. The molecule has 2 aliphatic rings. The molecule has 2 saturated heterocycles. The summed E-state index contributed by atoms with van der Waals surface area (Å²) in [4.78, 5) is 41.2. The van der Waals surface area contributed by atoms with E-state index in [1.54, 1.807) is 21.9 Å². The molecule has 1 N–H and O–H groups in total. The van der Waals surface area contributed by atoms with Crippen molar-refractivity contribution in [1.29, 1.82) is 0 Å². The lowest BCUT2D eigenvalue weighted by atomic mass is 9.95. The van der Waals surface area contributed by atoms with Gasteiger partial charge in [-0.25, -0.2) is 0 Å². The van der Waals surface area contributed by atoms with E-state index in [2.05, 4.69) is 5.32 Å². The van der Waals surface area contributed by atoms with Crippen LogP contribution in [0.1, 0.15) is 46.4 Å². The highest BCUT2D eigenvalue weighted by Crippen LogP contribution is 2.21. The summed E-state index contributed by atoms with van der Waals surface area (Å²) < 4.78 is 9.97. The van der Waals surface area contributed by atoms with Crippen molar-refractivity contribution in [3.05, 3.63) is 48.3 Å². The van der Waals surface area contributed by atoms with Crippen LogP contribution < -0.4 is 5.32 Å². The van der Waals surface area contributed by atoms with E-state index in [4.69, 9.17) is 8.83 Å². The molecule has 3 amide bonds. The predicted octanol–water partition coefficient (Wildman–Crippen LogP) is 2.15. The first kappa shape index (κ1) is 19.3. The third-order valence-corrected chi connectivity index (χ3v) is 5.74. The zero-order chi connectivity index (χ0) is 20.2. The Hall–Kier alpha value is -3.03. The minimum absolute atomic E-state index is 0.00527. The van der Waals surface area contributed by atoms with Gasteiger partial charge in [0.15, 0.2) is 0 Å². The van der Waals surface area contributed by atoms with Gasteiger partial charge in [0, 0.05) is 32.2 Å². The van der Waals surface area contributed by atoms with Crippen LogP contribution in [-0.4, -0.2) is 59.7 Å². The summed E-state index contributed by atoms with van der Waals surface area (Å²) in [5.74, 6) is -0.342. The maximum atomic E-state index is 12.8. The predicted molar refractivity (Wildman–Crippen MR) is 103 cm³/mol. The quantitative estimate of drug-likeness (QED) is 0.850. The molecule has 1 atom stereocenters. The van der Waals surface area contributed by atoms with Gasteiger partial charge in [-0.15, -0.1) is 0 Å². The van der Waals surface area contributed by atoms with Gasteiger partial charge >= 0.3 is 0 Å². The highest BCUT2D eigenvalue weighted by Gasteiger charge is 2.31. The van der Waals surface area contributed by atoms with E-state index < -0.39 is 0 Å². The Balaban J connectivity index is 1.26. The molecule has 0 spiro atoms. The van der Waals surface area contributed by atoms with Gasteiger partial charge in [-0.1, -0.05) is 0 Å². The Morgan fingerprint density at radius 1 is 0.862 bits per heavy atom. The zero-order valence-corrected chi connectivity index (χ0v) is 16.2. The SMILES string of the molecule is O=C(NC1CCN(C(=O)c2ccoc2)CC1)[C@@H]1CCCN(C(=O)c2ccoc2)C1. The summed E-state index contributed by atoms with van der Waals surface area (Å²) >= 11 is 0. The van der Waals surface area contributed by atoms with Gasteiger partial charge < -0.3 is 24.0 Å². The van der Waals surface area contributed by atoms with Crippen molar-refractivity contribution < 1.29 is 23.2 Å². The fourth-order valence-electron chi connectivity index (χ4n) is 4.06. The molecule has 0 aliphatic carbocycles. The van der Waals surface area contributed by atoms with Crippen molar-refractivity contribution in [3.63, 3.8) is 0 Å². The summed E-state index contributed by atoms with van der Waals surface area (Å²) in [6.45, 7) is 2.28. The molecule has 0 radical (unpaired) electrons. The summed E-state index contributed by atoms with van der Waals surface area (Å²) in [5, 5.41) is 3.13. The van der Waals surface area contributed by atoms with Gasteiger partial charge in [-0.2, -0.15) is 0 Å². The lowest BCUT2D eigenvalue weighted by Gasteiger charge is -2.35. The molecule has 29 heavy (non-hydrogen) atoms. The standard InChI is InChI=1S/C21H25N3O5/c25-19(15-2-1-7-24(12-15)21(27)17-6-11-29-14-17)22-18-3-8-23(9-4-18)20(26)16-5-10-28-13-16/h5-6,10-11,13-15,18H,1-4,7-9,12H2,(H,22,25)/t15-/m1/s1. The highest BCUT2D eigenvalue weighted by atomic mass is 16.3. The van der Waals surface area contributed by atoms with E-state index in [0.717, 1.165) is 25.7 Å². The minimum Gasteiger partial charge on any atom is -0.472 e. The van der Waals surface area contributed by atoms with Crippen molar-refractivity contribution >= 4 is 17.7 Å². The lowest BCUT2D eigenvalue weighted by molar-refractivity contribution is -0.127. The molecular formula is C21H25N3O5. The summed E-state index contributed by atoms with van der Waals surface area (Å²) in [6, 6.07) is 3.36. The number of furan rings is 2. The summed E-state index contributed by atoms with van der Waals surface area (Å²) in [5.41, 5.74) is 1.07. The molecule has 0 unspecified atom stereocenters. The van der Waals surface area contributed by atoms with E-state index >= 15 is 0 Å². The van der Waals surface area contributed by atoms with Crippen LogP contribution in [0.25, 0.3) is 0 Å². The number of piperidine rings is 2. The first-order valence-electron chi connectivity index (χ1n) is 10.0. The largest absolute Gasteiger partial charge is 0.472 e. The monoisotopic (exact) mass is 399 g/mol. The zero-order valence-electron chi connectivity index (χ0n) is 16.2. The van der Waals surface area contributed by atoms with Crippen LogP contribution in [-0.2, 0) is 4.79 Å². The summed E-state index contributed by atoms with van der Waals surface area (Å²) in [6.07, 6.45) is 8.88. The molecule has 2 aromatic rings. The second-order valence-electron chi connectivity index (χ2n) is 7.69. The van der Waals surface area contributed by atoms with Crippen molar-refractivity contribution in [2.45, 2.75) is 31.7 Å². The van der Waals surface area contributed by atoms with Crippen LogP contribution in [0.15, 0.2) is 46.0 Å². The molecule has 4 heterocycles. The summed E-state index contributed by atoms with van der Waals surface area (Å²) in [7, 11) is 0. The molecule has 2 aromatic heterocycles. The average Bonchev–Trinajstić information content (AvgIpc) is 3.47. The number of hydrogen-bond donors (Lipinski definition) is 1. The van der Waals surface area contributed by atoms with Crippen LogP contribution in [0.5, 0.6) is 0 Å². The second-order valence-corrected chi connectivity index (χ2v) is 7.69. The molecule has 8 nitrogen and oxygen atoms in total. The van der Waals surface area contributed by atoms with Crippen molar-refractivity contribution in [2.75, 3.05) is 26.2 Å². The fourth-order valence-corrected chi connectivity index (χ4v) is 4.06. The van der Waals surface area contributed by atoms with Gasteiger partial charge in [0.05, 0.1) is 29.6 Å². The van der Waals surface area contributed by atoms with Gasteiger partial charge in [0.2, 0.25) is 5.91 Å². The van der Waals surface area contributed by atoms with Crippen LogP contribution in [0.2, 0.25) is 0 Å². The Morgan fingerprint density at radius 3 is 2.07 bits per heavy atom. The van der Waals surface area contributed by atoms with Gasteiger partial charge in [0.25, 0.3) is 11.8 Å². The topological polar surface area (TPSA) is 96.0 Å². The number of amides is 3. The van der Waals surface area contributed by atoms with Crippen LogP contribution in [0.4, 0.5) is 0 Å². The first-order chi connectivity index (χ1) is 14.1. The molecule has 154 valence electrons. The number of nitrogens with zero attached hydrogens (tertiary/aromatic N) is 2. The molecule has 2 aliphatic heterocycles. The number of likely N-dealkylation sites (tertiary alicyclic amines) is 2. The van der Waals surface area contributed by atoms with Gasteiger partial charge in [0.1, 0.15) is 12.5 Å². The molecular weight excluding hydrogens is 374 g/mol. The molecule has 2 fully saturated rings. The van der Waals surface area contributed by atoms with Crippen LogP contribution >= 0.6 is 0 Å². The normalized spacial score (nSPS) is 20.5. The molecule has 0 saturated carbocycles. The van der Waals surface area contributed by atoms with E-state index in [9.17, 15) is 14.4 Å². The average molecular weight is 399 g/mol. The third kappa shape index (κ3) is 4.36. The Labute approximate surface area is 168 Å². The molecule has 8 heteroatoms. The van der Waals surface area contributed by atoms with E-state index in [1.807, 2.05) is 0 Å². The molecule has 4 rings (SSSR count). The smallest absolute Gasteiger partial charge is 0.257 e. The Morgan fingerprint density at radius 2 is 1.48 bits per heavy atom. The van der Waals surface area contributed by atoms with Crippen molar-refractivity contribution in [3.8, 4) is 0 Å². The number of hydrogen-bond acceptors (Lipinski definition) is 5. The van der Waals surface area contributed by atoms with E-state index in [1.165, 1.54) is 25.1 Å². The van der Waals surface area contributed by atoms with E-state index in [0.29, 0.717) is 37.3 Å². The second kappa shape index (κ2) is 8.55. The number of rotatable bonds is 4. The third-order valence-electron chi connectivity index (χ3n) is 5.74. The fraction of sp³-hybridized carbons (Fsp3) is 0.476. The molecule has 0 bridgehead atoms. The number of carbonyl (C=O) groups excluding carboxylic acids is 3. The van der Waals surface area contributed by atoms with Crippen LogP contribution in [0.3, 0.4) is 0 Å². The van der Waals surface area contributed by atoms with E-state index in [-0.39, 0.29) is 29.7 Å². The number of carbonyl (C=O) groups is 3. The maximum absolute atomic E-state index is 12.8. The van der Waals surface area contributed by atoms with Gasteiger partial charge in [-0.3, -0.25) is 14.4 Å². The first-order valence-corrected chi connectivity index (χ1v) is 10.0. The van der Waals surface area contributed by atoms with Gasteiger partial charge in [-0.05, 0) is 37.8 Å². The van der Waals surface area contributed by atoms with Crippen LogP contribution in [0, 0.1) is 5.92 Å². The van der Waals surface area contributed by atoms with Crippen molar-refractivity contribution in [1.82, 2.24) is 15.1 Å². The maximum Gasteiger partial charge on any atom is 0.257 e. The Kier molecular flexibility index (Phi) is 5.69. The minimum atomic E-state index is -0.204. The molecule has 0 aromatic carbocycles. The van der Waals surface area contributed by atoms with Crippen molar-refractivity contribution in [2.24, 2.45) is 5.92 Å². The Bertz CT molecular complexity index is 838.